The molecule has 4 rings (SSSR count). The molecule has 2 aliphatic heterocycles. The van der Waals surface area contributed by atoms with E-state index >= 15 is 0 Å². The molecule has 0 spiro atoms. The van der Waals surface area contributed by atoms with Gasteiger partial charge in [-0.1, -0.05) is 25.4 Å². The second-order valence-electron chi connectivity index (χ2n) is 8.63. The van der Waals surface area contributed by atoms with Crippen molar-refractivity contribution in [1.29, 1.82) is 0 Å². The SMILES string of the molecule is C=S(C)(=O)N1C[C@]2(C)CN(c3nc(Nc4cnn(C)c4)ncc3Cl)C[C@]2(C)C1. The van der Waals surface area contributed by atoms with Crippen molar-refractivity contribution in [3.05, 3.63) is 23.6 Å². The number of hydrogen-bond donors (Lipinski definition) is 1. The van der Waals surface area contributed by atoms with Crippen molar-refractivity contribution in [2.75, 3.05) is 42.7 Å². The first-order chi connectivity index (χ1) is 13.0. The van der Waals surface area contributed by atoms with Gasteiger partial charge in [0, 0.05) is 66.2 Å². The van der Waals surface area contributed by atoms with Crippen molar-refractivity contribution in [3.8, 4) is 0 Å². The highest BCUT2D eigenvalue weighted by Gasteiger charge is 2.58. The van der Waals surface area contributed by atoms with Crippen LogP contribution in [0.5, 0.6) is 0 Å². The number of aryl methyl sites for hydroxylation is 1. The highest BCUT2D eigenvalue weighted by Crippen LogP contribution is 2.53. The van der Waals surface area contributed by atoms with E-state index in [4.69, 9.17) is 11.6 Å². The molecule has 2 saturated heterocycles. The van der Waals surface area contributed by atoms with Gasteiger partial charge in [0.1, 0.15) is 5.02 Å². The van der Waals surface area contributed by atoms with Gasteiger partial charge in [0.2, 0.25) is 5.95 Å². The predicted molar refractivity (Wildman–Crippen MR) is 115 cm³/mol. The van der Waals surface area contributed by atoms with Crippen molar-refractivity contribution in [3.63, 3.8) is 0 Å². The highest BCUT2D eigenvalue weighted by atomic mass is 35.5. The lowest BCUT2D eigenvalue weighted by Gasteiger charge is -2.30. The van der Waals surface area contributed by atoms with Crippen LogP contribution in [0.4, 0.5) is 17.5 Å². The Balaban J connectivity index is 1.59. The molecular formula is C18H26ClN7OS. The van der Waals surface area contributed by atoms with E-state index in [1.54, 1.807) is 23.3 Å². The fraction of sp³-hybridized carbons (Fsp3) is 0.556. The summed E-state index contributed by atoms with van der Waals surface area (Å²) in [5.74, 6) is 5.07. The molecule has 1 unspecified atom stereocenters. The van der Waals surface area contributed by atoms with E-state index in [0.29, 0.717) is 11.0 Å². The van der Waals surface area contributed by atoms with Crippen molar-refractivity contribution in [1.82, 2.24) is 24.1 Å². The Morgan fingerprint density at radius 2 is 1.86 bits per heavy atom. The molecule has 152 valence electrons. The van der Waals surface area contributed by atoms with E-state index in [-0.39, 0.29) is 10.8 Å². The molecule has 4 heterocycles. The number of hydrogen-bond acceptors (Lipinski definition) is 6. The van der Waals surface area contributed by atoms with Gasteiger partial charge in [-0.25, -0.2) is 9.29 Å². The maximum Gasteiger partial charge on any atom is 0.229 e. The minimum atomic E-state index is -2.21. The maximum absolute atomic E-state index is 12.5. The van der Waals surface area contributed by atoms with E-state index in [1.165, 1.54) is 0 Å². The molecule has 2 aromatic heterocycles. The molecule has 2 aliphatic rings. The zero-order valence-corrected chi connectivity index (χ0v) is 18.2. The normalized spacial score (nSPS) is 29.7. The molecule has 1 N–H and O–H groups in total. The fourth-order valence-electron chi connectivity index (χ4n) is 4.27. The third-order valence-corrected chi connectivity index (χ3v) is 7.74. The van der Waals surface area contributed by atoms with Crippen LogP contribution in [0.15, 0.2) is 18.6 Å². The van der Waals surface area contributed by atoms with E-state index in [2.05, 4.69) is 45.0 Å². The first kappa shape index (κ1) is 19.5. The van der Waals surface area contributed by atoms with Gasteiger partial charge in [-0.05, 0) is 5.87 Å². The lowest BCUT2D eigenvalue weighted by Crippen LogP contribution is -2.35. The molecule has 0 aliphatic carbocycles. The van der Waals surface area contributed by atoms with E-state index in [9.17, 15) is 4.21 Å². The first-order valence-electron chi connectivity index (χ1n) is 9.10. The molecule has 2 fully saturated rings. The Morgan fingerprint density at radius 3 is 2.39 bits per heavy atom. The van der Waals surface area contributed by atoms with Crippen molar-refractivity contribution < 1.29 is 4.21 Å². The van der Waals surface area contributed by atoms with Crippen LogP contribution >= 0.6 is 11.6 Å². The summed E-state index contributed by atoms with van der Waals surface area (Å²) >= 11 is 6.45. The number of rotatable bonds is 4. The second-order valence-corrected chi connectivity index (χ2v) is 11.5. The predicted octanol–water partition coefficient (Wildman–Crippen LogP) is 2.02. The van der Waals surface area contributed by atoms with Gasteiger partial charge < -0.3 is 10.2 Å². The number of nitrogens with zero attached hydrogens (tertiary/aromatic N) is 6. The summed E-state index contributed by atoms with van der Waals surface area (Å²) in [5, 5.41) is 7.83. The third-order valence-electron chi connectivity index (χ3n) is 6.12. The molecule has 0 saturated carbocycles. The summed E-state index contributed by atoms with van der Waals surface area (Å²) < 4.78 is 16.2. The quantitative estimate of drug-likeness (QED) is 0.758. The number of anilines is 3. The number of fused-ring (bicyclic) bond motifs is 1. The van der Waals surface area contributed by atoms with E-state index < -0.39 is 9.71 Å². The summed E-state index contributed by atoms with van der Waals surface area (Å²) in [5.41, 5.74) is 0.778. The first-order valence-corrected chi connectivity index (χ1v) is 11.6. The number of halogens is 1. The summed E-state index contributed by atoms with van der Waals surface area (Å²) in [6.45, 7) is 7.59. The maximum atomic E-state index is 12.5. The molecule has 8 nitrogen and oxygen atoms in total. The Hall–Kier alpha value is -1.84. The molecule has 0 amide bonds. The Bertz CT molecular complexity index is 1000. The molecular weight excluding hydrogens is 398 g/mol. The Labute approximate surface area is 171 Å². The van der Waals surface area contributed by atoms with Crippen molar-refractivity contribution in [2.24, 2.45) is 17.9 Å². The summed E-state index contributed by atoms with van der Waals surface area (Å²) in [4.78, 5) is 11.2. The van der Waals surface area contributed by atoms with Gasteiger partial charge >= 0.3 is 0 Å². The Kier molecular flexibility index (Phi) is 4.40. The zero-order chi connectivity index (χ0) is 20.3. The van der Waals surface area contributed by atoms with Crippen molar-refractivity contribution in [2.45, 2.75) is 13.8 Å². The van der Waals surface area contributed by atoms with Crippen LogP contribution in [0.1, 0.15) is 13.8 Å². The van der Waals surface area contributed by atoms with Gasteiger partial charge in [-0.2, -0.15) is 10.1 Å². The molecule has 10 heteroatoms. The van der Waals surface area contributed by atoms with Crippen molar-refractivity contribution >= 4 is 44.6 Å². The lowest BCUT2D eigenvalue weighted by molar-refractivity contribution is 0.212. The van der Waals surface area contributed by atoms with Crippen LogP contribution in [-0.4, -0.2) is 66.6 Å². The number of nitrogens with one attached hydrogen (secondary N) is 1. The lowest BCUT2D eigenvalue weighted by atomic mass is 9.71. The van der Waals surface area contributed by atoms with Gasteiger partial charge in [-0.15, -0.1) is 0 Å². The molecule has 0 aromatic carbocycles. The van der Waals surface area contributed by atoms with Crippen LogP contribution in [-0.2, 0) is 16.8 Å². The molecule has 0 radical (unpaired) electrons. The Morgan fingerprint density at radius 1 is 1.21 bits per heavy atom. The topological polar surface area (TPSA) is 79.2 Å². The second kappa shape index (κ2) is 6.33. The largest absolute Gasteiger partial charge is 0.354 e. The van der Waals surface area contributed by atoms with Crippen LogP contribution in [0.3, 0.4) is 0 Å². The van der Waals surface area contributed by atoms with Gasteiger partial charge in [0.25, 0.3) is 0 Å². The van der Waals surface area contributed by atoms with Crippen LogP contribution in [0.2, 0.25) is 5.02 Å². The fourth-order valence-corrected chi connectivity index (χ4v) is 5.60. The zero-order valence-electron chi connectivity index (χ0n) is 16.6. The summed E-state index contributed by atoms with van der Waals surface area (Å²) in [7, 11) is -0.351. The van der Waals surface area contributed by atoms with Gasteiger partial charge in [0.05, 0.1) is 18.1 Å². The van der Waals surface area contributed by atoms with Crippen LogP contribution in [0, 0.1) is 10.8 Å². The highest BCUT2D eigenvalue weighted by molar-refractivity contribution is 7.97. The summed E-state index contributed by atoms with van der Waals surface area (Å²) in [6, 6.07) is 0. The minimum absolute atomic E-state index is 0.0193. The smallest absolute Gasteiger partial charge is 0.229 e. The molecule has 2 aromatic rings. The number of aromatic nitrogens is 4. The van der Waals surface area contributed by atoms with Crippen LogP contribution in [0.25, 0.3) is 0 Å². The minimum Gasteiger partial charge on any atom is -0.354 e. The van der Waals surface area contributed by atoms with E-state index in [0.717, 1.165) is 37.7 Å². The molecule has 3 atom stereocenters. The van der Waals surface area contributed by atoms with Crippen LogP contribution < -0.4 is 10.2 Å². The van der Waals surface area contributed by atoms with Gasteiger partial charge in [0.15, 0.2) is 5.82 Å². The van der Waals surface area contributed by atoms with E-state index in [1.807, 2.05) is 17.5 Å². The average molecular weight is 424 g/mol. The molecule has 28 heavy (non-hydrogen) atoms. The monoisotopic (exact) mass is 423 g/mol. The van der Waals surface area contributed by atoms with Gasteiger partial charge in [-0.3, -0.25) is 8.89 Å². The standard InChI is InChI=1S/C18H26ClN7OS/c1-17-9-25(10-18(17,2)12-26(11-17)28(4,5)27)15-14(19)7-20-16(23-15)22-13-6-21-24(3)8-13/h6-8H,4,9-12H2,1-3,5H3,(H,20,22,23)/t17-,18+,28?. The third kappa shape index (κ3) is 3.25. The average Bonchev–Trinajstić information content (AvgIpc) is 3.17. The summed E-state index contributed by atoms with van der Waals surface area (Å²) in [6.07, 6.45) is 6.92. The molecule has 0 bridgehead atoms.